The van der Waals surface area contributed by atoms with E-state index in [1.165, 1.54) is 6.07 Å². The number of halogens is 1. The Hall–Kier alpha value is -0.620. The van der Waals surface area contributed by atoms with Gasteiger partial charge in [0.2, 0.25) is 10.0 Å². The lowest BCUT2D eigenvalue weighted by atomic mass is 9.94. The molecule has 1 aliphatic rings. The van der Waals surface area contributed by atoms with Crippen LogP contribution in [0.1, 0.15) is 25.3 Å². The molecule has 1 aliphatic heterocycles. The lowest BCUT2D eigenvalue weighted by Gasteiger charge is -2.28. The van der Waals surface area contributed by atoms with Gasteiger partial charge in [0.25, 0.3) is 0 Å². The number of sulfonamides is 1. The number of hydrogen-bond donors (Lipinski definition) is 2. The van der Waals surface area contributed by atoms with Crippen LogP contribution in [0.25, 0.3) is 0 Å². The predicted molar refractivity (Wildman–Crippen MR) is 81.6 cm³/mol. The molecule has 2 rings (SSSR count). The Balaban J connectivity index is 2.16. The van der Waals surface area contributed by atoms with Crippen molar-refractivity contribution in [1.29, 1.82) is 0 Å². The van der Waals surface area contributed by atoms with Crippen molar-refractivity contribution in [3.05, 3.63) is 28.8 Å². The lowest BCUT2D eigenvalue weighted by Crippen LogP contribution is -2.44. The van der Waals surface area contributed by atoms with Crippen molar-refractivity contribution < 1.29 is 8.42 Å². The average Bonchev–Trinajstić information content (AvgIpc) is 2.42. The molecular weight excluding hydrogens is 296 g/mol. The highest BCUT2D eigenvalue weighted by Gasteiger charge is 2.26. The van der Waals surface area contributed by atoms with Gasteiger partial charge in [-0.15, -0.1) is 0 Å². The van der Waals surface area contributed by atoms with Gasteiger partial charge in [-0.2, -0.15) is 0 Å². The first-order valence-corrected chi connectivity index (χ1v) is 8.75. The fraction of sp³-hybridized carbons (Fsp3) is 0.571. The summed E-state index contributed by atoms with van der Waals surface area (Å²) in [5.74, 6) is 0.331. The maximum absolute atomic E-state index is 12.5. The summed E-state index contributed by atoms with van der Waals surface area (Å²) >= 11 is 5.91. The molecule has 0 spiro atoms. The number of piperidine rings is 1. The molecule has 112 valence electrons. The molecule has 1 aromatic rings. The van der Waals surface area contributed by atoms with E-state index in [0.717, 1.165) is 25.9 Å². The van der Waals surface area contributed by atoms with Crippen LogP contribution in [-0.4, -0.2) is 27.5 Å². The van der Waals surface area contributed by atoms with E-state index in [4.69, 9.17) is 11.6 Å². The SMILES string of the molecule is Cc1ccc(Cl)cc1S(=O)(=O)NC(C)C1CCCNC1. The van der Waals surface area contributed by atoms with Crippen LogP contribution in [0, 0.1) is 12.8 Å². The van der Waals surface area contributed by atoms with E-state index in [2.05, 4.69) is 10.0 Å². The second-order valence-electron chi connectivity index (χ2n) is 5.43. The fourth-order valence-corrected chi connectivity index (χ4v) is 4.39. The van der Waals surface area contributed by atoms with Gasteiger partial charge in [0, 0.05) is 11.1 Å². The van der Waals surface area contributed by atoms with Gasteiger partial charge in [-0.25, -0.2) is 13.1 Å². The summed E-state index contributed by atoms with van der Waals surface area (Å²) in [6.07, 6.45) is 2.14. The van der Waals surface area contributed by atoms with Crippen LogP contribution in [0.15, 0.2) is 23.1 Å². The summed E-state index contributed by atoms with van der Waals surface area (Å²) < 4.78 is 27.7. The molecule has 4 nitrogen and oxygen atoms in total. The van der Waals surface area contributed by atoms with Crippen LogP contribution in [0.4, 0.5) is 0 Å². The van der Waals surface area contributed by atoms with Crippen LogP contribution < -0.4 is 10.0 Å². The van der Waals surface area contributed by atoms with Gasteiger partial charge in [0.05, 0.1) is 4.90 Å². The second-order valence-corrected chi connectivity index (χ2v) is 7.55. The standard InChI is InChI=1S/C14H21ClN2O2S/c1-10-5-6-13(15)8-14(10)20(18,19)17-11(2)12-4-3-7-16-9-12/h5-6,8,11-12,16-17H,3-4,7,9H2,1-2H3. The van der Waals surface area contributed by atoms with Crippen molar-refractivity contribution in [3.63, 3.8) is 0 Å². The van der Waals surface area contributed by atoms with E-state index in [0.29, 0.717) is 16.5 Å². The molecule has 1 aromatic carbocycles. The Kier molecular flexibility index (Phi) is 5.07. The summed E-state index contributed by atoms with van der Waals surface area (Å²) in [4.78, 5) is 0.264. The first kappa shape index (κ1) is 15.8. The van der Waals surface area contributed by atoms with E-state index in [1.54, 1.807) is 19.1 Å². The molecule has 0 radical (unpaired) electrons. The van der Waals surface area contributed by atoms with Gasteiger partial charge in [-0.05, 0) is 63.4 Å². The van der Waals surface area contributed by atoms with Crippen LogP contribution in [-0.2, 0) is 10.0 Å². The average molecular weight is 317 g/mol. The van der Waals surface area contributed by atoms with Crippen LogP contribution in [0.5, 0.6) is 0 Å². The van der Waals surface area contributed by atoms with Gasteiger partial charge in [0.15, 0.2) is 0 Å². The molecular formula is C14H21ClN2O2S. The third kappa shape index (κ3) is 3.73. The van der Waals surface area contributed by atoms with Crippen molar-refractivity contribution >= 4 is 21.6 Å². The minimum absolute atomic E-state index is 0.0915. The summed E-state index contributed by atoms with van der Waals surface area (Å²) in [7, 11) is -3.52. The summed E-state index contributed by atoms with van der Waals surface area (Å²) in [5, 5.41) is 3.74. The summed E-state index contributed by atoms with van der Waals surface area (Å²) in [5.41, 5.74) is 0.705. The largest absolute Gasteiger partial charge is 0.316 e. The van der Waals surface area contributed by atoms with E-state index in [1.807, 2.05) is 6.92 Å². The topological polar surface area (TPSA) is 58.2 Å². The minimum atomic E-state index is -3.52. The summed E-state index contributed by atoms with van der Waals surface area (Å²) in [6.45, 7) is 5.58. The van der Waals surface area contributed by atoms with Crippen molar-refractivity contribution in [2.24, 2.45) is 5.92 Å². The molecule has 0 aromatic heterocycles. The van der Waals surface area contributed by atoms with Crippen molar-refractivity contribution in [3.8, 4) is 0 Å². The monoisotopic (exact) mass is 316 g/mol. The number of hydrogen-bond acceptors (Lipinski definition) is 3. The first-order valence-electron chi connectivity index (χ1n) is 6.89. The third-order valence-electron chi connectivity index (χ3n) is 3.82. The molecule has 1 heterocycles. The molecule has 0 amide bonds. The van der Waals surface area contributed by atoms with E-state index >= 15 is 0 Å². The van der Waals surface area contributed by atoms with Crippen LogP contribution >= 0.6 is 11.6 Å². The number of rotatable bonds is 4. The molecule has 0 aliphatic carbocycles. The molecule has 1 fully saturated rings. The predicted octanol–water partition coefficient (Wildman–Crippen LogP) is 2.31. The van der Waals surface area contributed by atoms with Gasteiger partial charge < -0.3 is 5.32 Å². The molecule has 0 saturated carbocycles. The Morgan fingerprint density at radius 2 is 2.20 bits per heavy atom. The number of benzene rings is 1. The maximum Gasteiger partial charge on any atom is 0.241 e. The number of nitrogens with one attached hydrogen (secondary N) is 2. The zero-order valence-electron chi connectivity index (χ0n) is 11.8. The van der Waals surface area contributed by atoms with Gasteiger partial charge in [-0.1, -0.05) is 17.7 Å². The van der Waals surface area contributed by atoms with Crippen molar-refractivity contribution in [1.82, 2.24) is 10.0 Å². The molecule has 2 N–H and O–H groups in total. The smallest absolute Gasteiger partial charge is 0.241 e. The Morgan fingerprint density at radius 1 is 1.45 bits per heavy atom. The quantitative estimate of drug-likeness (QED) is 0.896. The van der Waals surface area contributed by atoms with Gasteiger partial charge >= 0.3 is 0 Å². The molecule has 6 heteroatoms. The Morgan fingerprint density at radius 3 is 2.85 bits per heavy atom. The molecule has 2 atom stereocenters. The molecule has 20 heavy (non-hydrogen) atoms. The maximum atomic E-state index is 12.5. The summed E-state index contributed by atoms with van der Waals surface area (Å²) in [6, 6.07) is 4.84. The normalized spacial score (nSPS) is 21.6. The van der Waals surface area contributed by atoms with Gasteiger partial charge in [0.1, 0.15) is 0 Å². The van der Waals surface area contributed by atoms with E-state index in [9.17, 15) is 8.42 Å². The zero-order chi connectivity index (χ0) is 14.8. The van der Waals surface area contributed by atoms with Crippen LogP contribution in [0.3, 0.4) is 0 Å². The van der Waals surface area contributed by atoms with Crippen LogP contribution in [0.2, 0.25) is 5.02 Å². The zero-order valence-corrected chi connectivity index (χ0v) is 13.4. The molecule has 2 unspecified atom stereocenters. The molecule has 0 bridgehead atoms. The Labute approximate surface area is 126 Å². The fourth-order valence-electron chi connectivity index (χ4n) is 2.57. The van der Waals surface area contributed by atoms with E-state index < -0.39 is 10.0 Å². The second kappa shape index (κ2) is 6.43. The highest BCUT2D eigenvalue weighted by molar-refractivity contribution is 7.89. The molecule has 1 saturated heterocycles. The van der Waals surface area contributed by atoms with E-state index in [-0.39, 0.29) is 10.9 Å². The minimum Gasteiger partial charge on any atom is -0.316 e. The lowest BCUT2D eigenvalue weighted by molar-refractivity contribution is 0.320. The van der Waals surface area contributed by atoms with Gasteiger partial charge in [-0.3, -0.25) is 0 Å². The highest BCUT2D eigenvalue weighted by Crippen LogP contribution is 2.22. The number of aryl methyl sites for hydroxylation is 1. The van der Waals surface area contributed by atoms with Crippen molar-refractivity contribution in [2.45, 2.75) is 37.6 Å². The highest BCUT2D eigenvalue weighted by atomic mass is 35.5. The Bertz CT molecular complexity index is 569. The third-order valence-corrected chi connectivity index (χ3v) is 5.76. The first-order chi connectivity index (χ1) is 9.40. The van der Waals surface area contributed by atoms with Crippen molar-refractivity contribution in [2.75, 3.05) is 13.1 Å².